The summed E-state index contributed by atoms with van der Waals surface area (Å²) in [6.07, 6.45) is 8.32. The normalized spacial score (nSPS) is 12.5. The lowest BCUT2D eigenvalue weighted by Crippen LogP contribution is -2.46. The lowest BCUT2D eigenvalue weighted by atomic mass is 10.1. The van der Waals surface area contributed by atoms with E-state index in [0.29, 0.717) is 90.9 Å². The number of alkyl carbamates (subject to hydrolysis) is 2. The van der Waals surface area contributed by atoms with Gasteiger partial charge in [0.25, 0.3) is 0 Å². The molecule has 0 spiro atoms. The van der Waals surface area contributed by atoms with E-state index in [9.17, 15) is 19.2 Å². The molecule has 62 heavy (non-hydrogen) atoms. The molecule has 0 aromatic rings. The second kappa shape index (κ2) is 39.6. The molecule has 0 rings (SSSR count). The van der Waals surface area contributed by atoms with Gasteiger partial charge in [-0.2, -0.15) is 0 Å². The maximum atomic E-state index is 12.5. The number of hydrogen-bond acceptors (Lipinski definition) is 16. The number of nitrogens with one attached hydrogen (secondary N) is 2. The zero-order valence-corrected chi connectivity index (χ0v) is 40.6. The molecule has 0 aliphatic carbocycles. The van der Waals surface area contributed by atoms with E-state index in [1.807, 2.05) is 41.5 Å². The Kier molecular flexibility index (Phi) is 37.8. The van der Waals surface area contributed by atoms with E-state index in [0.717, 1.165) is 63.5 Å². The molecule has 18 nitrogen and oxygen atoms in total. The van der Waals surface area contributed by atoms with Crippen molar-refractivity contribution in [3.8, 4) is 0 Å². The molecule has 0 aliphatic rings. The molecule has 2 N–H and O–H groups in total. The highest BCUT2D eigenvalue weighted by atomic mass is 28.4. The number of hydrogen-bond donors (Lipinski definition) is 2. The van der Waals surface area contributed by atoms with Crippen molar-refractivity contribution in [2.24, 2.45) is 0 Å². The van der Waals surface area contributed by atoms with Crippen LogP contribution in [0.5, 0.6) is 0 Å². The van der Waals surface area contributed by atoms with E-state index in [4.69, 9.17) is 55.0 Å². The molecule has 0 radical (unpaired) electrons. The Labute approximate surface area is 373 Å². The quantitative estimate of drug-likeness (QED) is 0.0216. The van der Waals surface area contributed by atoms with E-state index in [1.165, 1.54) is 0 Å². The minimum Gasteiger partial charge on any atom is -0.458 e. The molecule has 0 heterocycles. The summed E-state index contributed by atoms with van der Waals surface area (Å²) in [6, 6.07) is 1.10. The van der Waals surface area contributed by atoms with Crippen molar-refractivity contribution >= 4 is 41.7 Å². The molecule has 2 unspecified atom stereocenters. The number of rotatable bonds is 43. The fourth-order valence-corrected chi connectivity index (χ4v) is 11.2. The van der Waals surface area contributed by atoms with Crippen LogP contribution >= 0.6 is 0 Å². The highest BCUT2D eigenvalue weighted by Crippen LogP contribution is 2.19. The smallest absolute Gasteiger partial charge is 0.458 e. The number of unbranched alkanes of at least 4 members (excludes halogenated alkanes) is 7. The van der Waals surface area contributed by atoms with Crippen molar-refractivity contribution in [2.75, 3.05) is 92.4 Å². The van der Waals surface area contributed by atoms with Crippen molar-refractivity contribution < 1.29 is 74.2 Å². The number of carbonyl (C=O) groups is 4. The molecule has 0 saturated heterocycles. The lowest BCUT2D eigenvalue weighted by Gasteiger charge is -2.28. The van der Waals surface area contributed by atoms with Crippen LogP contribution in [0, 0.1) is 0 Å². The van der Waals surface area contributed by atoms with Gasteiger partial charge in [0.05, 0.1) is 13.2 Å². The fraction of sp³-hybridized carbons (Fsp3) is 0.810. The topological polar surface area (TPSA) is 203 Å². The van der Waals surface area contributed by atoms with Crippen LogP contribution in [-0.4, -0.2) is 146 Å². The minimum absolute atomic E-state index is 0.0802. The summed E-state index contributed by atoms with van der Waals surface area (Å²) in [7, 11) is -5.63. The molecule has 2 amide bonds. The highest BCUT2D eigenvalue weighted by molar-refractivity contribution is 6.61. The Morgan fingerprint density at radius 3 is 1.06 bits per heavy atom. The number of carbonyl (C=O) groups excluding carboxylic acids is 4. The molecule has 0 aromatic heterocycles. The zero-order valence-electron chi connectivity index (χ0n) is 38.6. The summed E-state index contributed by atoms with van der Waals surface area (Å²) < 4.78 is 67.9. The van der Waals surface area contributed by atoms with Crippen LogP contribution in [-0.2, 0) is 64.6 Å². The van der Waals surface area contributed by atoms with Gasteiger partial charge in [0.1, 0.15) is 13.2 Å². The van der Waals surface area contributed by atoms with Gasteiger partial charge in [-0.05, 0) is 67.2 Å². The summed E-state index contributed by atoms with van der Waals surface area (Å²) in [4.78, 5) is 48.4. The average molecular weight is 925 g/mol. The Bertz CT molecular complexity index is 1070. The van der Waals surface area contributed by atoms with Crippen molar-refractivity contribution in [2.45, 2.75) is 130 Å². The predicted octanol–water partition coefficient (Wildman–Crippen LogP) is 6.67. The van der Waals surface area contributed by atoms with Crippen LogP contribution < -0.4 is 10.6 Å². The van der Waals surface area contributed by atoms with Gasteiger partial charge in [-0.1, -0.05) is 51.7 Å². The first-order chi connectivity index (χ1) is 30.0. The van der Waals surface area contributed by atoms with Crippen molar-refractivity contribution in [1.82, 2.24) is 10.6 Å². The molecule has 0 aromatic carbocycles. The van der Waals surface area contributed by atoms with Crippen LogP contribution in [0.1, 0.15) is 106 Å². The molecular formula is C42H80N2O16Si2. The van der Waals surface area contributed by atoms with E-state index in [2.05, 4.69) is 23.8 Å². The standard InChI is InChI=1S/C42H80N2O16Si2/c1-9-39(45)51-35-37(59-41(47)43-27-25-31-61(53-11-3,54-12-4)55-13-5)33-49-29-23-21-19-17-18-20-22-24-30-50-34-38(36-52-40(46)10-2)60-42(48)44-28-26-32-62(56-14-6,57-15-7)58-16-8/h9-10,37-38H,1-2,11-36H2,3-8H3,(H,43,47)(H,44,48). The molecule has 2 atom stereocenters. The lowest BCUT2D eigenvalue weighted by molar-refractivity contribution is -0.142. The number of ether oxygens (including phenoxy) is 6. The first-order valence-corrected chi connectivity index (χ1v) is 26.3. The van der Waals surface area contributed by atoms with Gasteiger partial charge in [-0.25, -0.2) is 19.2 Å². The van der Waals surface area contributed by atoms with Crippen LogP contribution in [0.2, 0.25) is 12.1 Å². The maximum Gasteiger partial charge on any atom is 0.500 e. The Morgan fingerprint density at radius 2 is 0.774 bits per heavy atom. The SMILES string of the molecule is C=CC(=O)OCC(COCCCCCCCCCCOCC(COC(=O)C=C)OC(=O)NCCC[Si](OCC)(OCC)OCC)OC(=O)NCCC[Si](OCC)(OCC)OCC. The van der Waals surface area contributed by atoms with Crippen LogP contribution in [0.3, 0.4) is 0 Å². The molecule has 0 bridgehead atoms. The Morgan fingerprint density at radius 1 is 0.468 bits per heavy atom. The van der Waals surface area contributed by atoms with Gasteiger partial charge < -0.3 is 65.6 Å². The Balaban J connectivity index is 4.41. The summed E-state index contributed by atoms with van der Waals surface area (Å²) in [5.41, 5.74) is 0. The van der Waals surface area contributed by atoms with E-state index in [1.54, 1.807) is 0 Å². The van der Waals surface area contributed by atoms with Gasteiger partial charge in [0.15, 0.2) is 12.2 Å². The molecule has 0 fully saturated rings. The number of esters is 2. The van der Waals surface area contributed by atoms with Gasteiger partial charge in [0, 0.05) is 90.2 Å². The van der Waals surface area contributed by atoms with E-state index >= 15 is 0 Å². The molecule has 20 heteroatoms. The summed E-state index contributed by atoms with van der Waals surface area (Å²) in [5, 5.41) is 5.46. The zero-order chi connectivity index (χ0) is 46.2. The first kappa shape index (κ1) is 59.1. The van der Waals surface area contributed by atoms with E-state index in [-0.39, 0.29) is 26.4 Å². The summed E-state index contributed by atoms with van der Waals surface area (Å²) in [6.45, 7) is 22.5. The predicted molar refractivity (Wildman–Crippen MR) is 238 cm³/mol. The second-order valence-corrected chi connectivity index (χ2v) is 19.2. The van der Waals surface area contributed by atoms with Crippen LogP contribution in [0.15, 0.2) is 25.3 Å². The average Bonchev–Trinajstić information content (AvgIpc) is 3.25. The summed E-state index contributed by atoms with van der Waals surface area (Å²) in [5.74, 6) is -1.23. The van der Waals surface area contributed by atoms with E-state index < -0.39 is 53.9 Å². The van der Waals surface area contributed by atoms with Gasteiger partial charge in [-0.3, -0.25) is 0 Å². The highest BCUT2D eigenvalue weighted by Gasteiger charge is 2.40. The molecular weight excluding hydrogens is 845 g/mol. The minimum atomic E-state index is -2.81. The van der Waals surface area contributed by atoms with Crippen molar-refractivity contribution in [3.63, 3.8) is 0 Å². The van der Waals surface area contributed by atoms with Gasteiger partial charge in [0.2, 0.25) is 0 Å². The van der Waals surface area contributed by atoms with Gasteiger partial charge >= 0.3 is 41.7 Å². The monoisotopic (exact) mass is 925 g/mol. The van der Waals surface area contributed by atoms with Gasteiger partial charge in [-0.15, -0.1) is 0 Å². The third kappa shape index (κ3) is 31.0. The second-order valence-electron chi connectivity index (χ2n) is 13.7. The molecule has 362 valence electrons. The maximum absolute atomic E-state index is 12.5. The largest absolute Gasteiger partial charge is 0.500 e. The fourth-order valence-electron chi connectivity index (χ4n) is 5.98. The van der Waals surface area contributed by atoms with Crippen LogP contribution in [0.4, 0.5) is 9.59 Å². The number of amides is 2. The van der Waals surface area contributed by atoms with Crippen molar-refractivity contribution in [3.05, 3.63) is 25.3 Å². The molecule has 0 aliphatic heterocycles. The third-order valence-electron chi connectivity index (χ3n) is 8.68. The molecule has 0 saturated carbocycles. The first-order valence-electron chi connectivity index (χ1n) is 22.5. The Hall–Kier alpha value is -2.93. The third-order valence-corrected chi connectivity index (χ3v) is 15.0. The summed E-state index contributed by atoms with van der Waals surface area (Å²) >= 11 is 0. The van der Waals surface area contributed by atoms with Crippen LogP contribution in [0.25, 0.3) is 0 Å². The van der Waals surface area contributed by atoms with Crippen molar-refractivity contribution in [1.29, 1.82) is 0 Å².